The summed E-state index contributed by atoms with van der Waals surface area (Å²) in [6.45, 7) is 9.44. The highest BCUT2D eigenvalue weighted by Gasteiger charge is 2.38. The van der Waals surface area contributed by atoms with E-state index in [1.807, 2.05) is 12.1 Å². The first-order chi connectivity index (χ1) is 8.26. The lowest BCUT2D eigenvalue weighted by molar-refractivity contribution is 0.105. The van der Waals surface area contributed by atoms with Gasteiger partial charge in [0.15, 0.2) is 0 Å². The Hall–Kier alpha value is -1.18. The second-order valence-electron chi connectivity index (χ2n) is 7.30. The van der Waals surface area contributed by atoms with Crippen LogP contribution < -0.4 is 5.32 Å². The molecule has 0 bridgehead atoms. The van der Waals surface area contributed by atoms with Crippen LogP contribution in [0.5, 0.6) is 5.75 Å². The number of hydrogen-bond donors (Lipinski definition) is 2. The van der Waals surface area contributed by atoms with E-state index in [0.29, 0.717) is 22.6 Å². The predicted molar refractivity (Wildman–Crippen MR) is 76.9 cm³/mol. The molecule has 1 aromatic carbocycles. The summed E-state index contributed by atoms with van der Waals surface area (Å²) in [5.41, 5.74) is 1.90. The Morgan fingerprint density at radius 1 is 1.00 bits per heavy atom. The Labute approximate surface area is 110 Å². The smallest absolute Gasteiger partial charge is 0.115 e. The molecule has 2 nitrogen and oxygen atoms in total. The first kappa shape index (κ1) is 13.3. The van der Waals surface area contributed by atoms with Gasteiger partial charge in [-0.3, -0.25) is 0 Å². The third-order valence-corrected chi connectivity index (χ3v) is 3.79. The van der Waals surface area contributed by atoms with Crippen molar-refractivity contribution in [2.24, 2.45) is 10.8 Å². The zero-order valence-corrected chi connectivity index (χ0v) is 12.0. The number of benzene rings is 1. The fourth-order valence-corrected chi connectivity index (χ4v) is 3.74. The Kier molecular flexibility index (Phi) is 3.31. The summed E-state index contributed by atoms with van der Waals surface area (Å²) in [5, 5.41) is 12.9. The van der Waals surface area contributed by atoms with Gasteiger partial charge >= 0.3 is 0 Å². The highest BCUT2D eigenvalue weighted by molar-refractivity contribution is 5.46. The molecule has 2 N–H and O–H groups in total. The topological polar surface area (TPSA) is 32.3 Å². The van der Waals surface area contributed by atoms with Gasteiger partial charge < -0.3 is 10.4 Å². The molecule has 0 aliphatic heterocycles. The van der Waals surface area contributed by atoms with E-state index >= 15 is 0 Å². The maximum Gasteiger partial charge on any atom is 0.115 e. The summed E-state index contributed by atoms with van der Waals surface area (Å²) in [4.78, 5) is 0. The van der Waals surface area contributed by atoms with Crippen molar-refractivity contribution in [2.75, 3.05) is 5.32 Å². The summed E-state index contributed by atoms with van der Waals surface area (Å²) >= 11 is 0. The minimum atomic E-state index is 0.324. The van der Waals surface area contributed by atoms with Gasteiger partial charge in [0.25, 0.3) is 0 Å². The molecule has 0 amide bonds. The molecule has 1 fully saturated rings. The summed E-state index contributed by atoms with van der Waals surface area (Å²) in [6, 6.07) is 7.89. The van der Waals surface area contributed by atoms with Gasteiger partial charge in [-0.25, -0.2) is 0 Å². The van der Waals surface area contributed by atoms with Crippen molar-refractivity contribution < 1.29 is 5.11 Å². The average Bonchev–Trinajstić information content (AvgIpc) is 2.16. The van der Waals surface area contributed by atoms with Crippen LogP contribution in [0, 0.1) is 10.8 Å². The van der Waals surface area contributed by atoms with E-state index < -0.39 is 0 Å². The zero-order valence-electron chi connectivity index (χ0n) is 12.0. The molecule has 0 radical (unpaired) electrons. The van der Waals surface area contributed by atoms with E-state index in [1.165, 1.54) is 19.3 Å². The molecule has 0 saturated heterocycles. The van der Waals surface area contributed by atoms with Crippen molar-refractivity contribution in [1.29, 1.82) is 0 Å². The van der Waals surface area contributed by atoms with Gasteiger partial charge in [0.05, 0.1) is 0 Å². The maximum absolute atomic E-state index is 9.30. The molecule has 0 aromatic heterocycles. The molecular weight excluding hydrogens is 222 g/mol. The van der Waals surface area contributed by atoms with Gasteiger partial charge in [-0.05, 0) is 54.4 Å². The number of nitrogens with one attached hydrogen (secondary N) is 1. The zero-order chi connectivity index (χ0) is 13.4. The van der Waals surface area contributed by atoms with Gasteiger partial charge in [-0.15, -0.1) is 0 Å². The van der Waals surface area contributed by atoms with Crippen molar-refractivity contribution in [3.8, 4) is 5.75 Å². The fraction of sp³-hybridized carbons (Fsp3) is 0.625. The van der Waals surface area contributed by atoms with Crippen LogP contribution in [-0.2, 0) is 0 Å². The van der Waals surface area contributed by atoms with Crippen LogP contribution in [0.1, 0.15) is 47.0 Å². The average molecular weight is 247 g/mol. The van der Waals surface area contributed by atoms with Crippen LogP contribution in [0.25, 0.3) is 0 Å². The van der Waals surface area contributed by atoms with Crippen molar-refractivity contribution >= 4 is 5.69 Å². The molecule has 0 spiro atoms. The van der Waals surface area contributed by atoms with Gasteiger partial charge in [0.1, 0.15) is 5.75 Å². The van der Waals surface area contributed by atoms with Crippen molar-refractivity contribution in [3.05, 3.63) is 24.3 Å². The summed E-state index contributed by atoms with van der Waals surface area (Å²) in [6.07, 6.45) is 3.70. The Morgan fingerprint density at radius 3 is 2.00 bits per heavy atom. The number of rotatable bonds is 2. The molecule has 18 heavy (non-hydrogen) atoms. The van der Waals surface area contributed by atoms with E-state index in [2.05, 4.69) is 33.0 Å². The number of hydrogen-bond acceptors (Lipinski definition) is 2. The van der Waals surface area contributed by atoms with Gasteiger partial charge in [-0.1, -0.05) is 27.7 Å². The number of anilines is 1. The molecule has 2 rings (SSSR count). The predicted octanol–water partition coefficient (Wildman–Crippen LogP) is 4.41. The number of phenols is 1. The van der Waals surface area contributed by atoms with Crippen LogP contribution in [0.3, 0.4) is 0 Å². The Balaban J connectivity index is 2.07. The number of phenolic OH excluding ortho intramolecular Hbond substituents is 1. The molecule has 0 unspecified atom stereocenters. The fourth-order valence-electron chi connectivity index (χ4n) is 3.74. The van der Waals surface area contributed by atoms with Gasteiger partial charge in [0.2, 0.25) is 0 Å². The van der Waals surface area contributed by atoms with Crippen LogP contribution in [0.15, 0.2) is 24.3 Å². The minimum Gasteiger partial charge on any atom is -0.508 e. The monoisotopic (exact) mass is 247 g/mol. The normalized spacial score (nSPS) is 22.7. The van der Waals surface area contributed by atoms with E-state index in [-0.39, 0.29) is 0 Å². The van der Waals surface area contributed by atoms with Crippen molar-refractivity contribution in [3.63, 3.8) is 0 Å². The van der Waals surface area contributed by atoms with E-state index in [9.17, 15) is 5.11 Å². The minimum absolute atomic E-state index is 0.324. The summed E-state index contributed by atoms with van der Waals surface area (Å²) < 4.78 is 0. The lowest BCUT2D eigenvalue weighted by Gasteiger charge is -2.45. The van der Waals surface area contributed by atoms with Gasteiger partial charge in [0, 0.05) is 11.7 Å². The molecule has 1 aliphatic carbocycles. The Morgan fingerprint density at radius 2 is 1.50 bits per heavy atom. The molecule has 1 saturated carbocycles. The lowest BCUT2D eigenvalue weighted by Crippen LogP contribution is -2.40. The molecule has 100 valence electrons. The van der Waals surface area contributed by atoms with Crippen LogP contribution in [-0.4, -0.2) is 11.1 Å². The second kappa shape index (κ2) is 4.49. The third-order valence-electron chi connectivity index (χ3n) is 3.79. The molecule has 1 aliphatic rings. The standard InChI is InChI=1S/C16H25NO/c1-15(2)9-13(10-16(3,4)11-15)17-12-5-7-14(18)8-6-12/h5-8,13,17-18H,9-11H2,1-4H3. The maximum atomic E-state index is 9.30. The quantitative estimate of drug-likeness (QED) is 0.759. The second-order valence-corrected chi connectivity index (χ2v) is 7.30. The molecule has 0 atom stereocenters. The third kappa shape index (κ3) is 3.41. The first-order valence-corrected chi connectivity index (χ1v) is 6.81. The Bertz CT molecular complexity index is 390. The highest BCUT2D eigenvalue weighted by Crippen LogP contribution is 2.46. The van der Waals surface area contributed by atoms with E-state index in [1.54, 1.807) is 12.1 Å². The van der Waals surface area contributed by atoms with E-state index in [4.69, 9.17) is 0 Å². The van der Waals surface area contributed by atoms with Crippen LogP contribution in [0.4, 0.5) is 5.69 Å². The van der Waals surface area contributed by atoms with Crippen molar-refractivity contribution in [2.45, 2.75) is 53.0 Å². The van der Waals surface area contributed by atoms with Gasteiger partial charge in [-0.2, -0.15) is 0 Å². The van der Waals surface area contributed by atoms with Crippen LogP contribution >= 0.6 is 0 Å². The first-order valence-electron chi connectivity index (χ1n) is 6.81. The molecule has 1 aromatic rings. The largest absolute Gasteiger partial charge is 0.508 e. The highest BCUT2D eigenvalue weighted by atomic mass is 16.3. The molecule has 2 heteroatoms. The SMILES string of the molecule is CC1(C)CC(Nc2ccc(O)cc2)CC(C)(C)C1. The summed E-state index contributed by atoms with van der Waals surface area (Å²) in [7, 11) is 0. The summed E-state index contributed by atoms with van der Waals surface area (Å²) in [5.74, 6) is 0.324. The molecular formula is C16H25NO. The lowest BCUT2D eigenvalue weighted by atomic mass is 9.63. The number of aromatic hydroxyl groups is 1. The van der Waals surface area contributed by atoms with Crippen molar-refractivity contribution in [1.82, 2.24) is 0 Å². The molecule has 0 heterocycles. The van der Waals surface area contributed by atoms with E-state index in [0.717, 1.165) is 5.69 Å². The van der Waals surface area contributed by atoms with Crippen LogP contribution in [0.2, 0.25) is 0 Å².